The molecular weight excluding hydrogens is 452 g/mol. The zero-order valence-electron chi connectivity index (χ0n) is 19.8. The fourth-order valence-corrected chi connectivity index (χ4v) is 4.61. The van der Waals surface area contributed by atoms with Crippen molar-refractivity contribution in [2.24, 2.45) is 0 Å². The quantitative estimate of drug-likeness (QED) is 0.437. The number of thioether (sulfide) groups is 1. The summed E-state index contributed by atoms with van der Waals surface area (Å²) in [4.78, 5) is 14.2. The van der Waals surface area contributed by atoms with Gasteiger partial charge in [0.2, 0.25) is 0 Å². The normalized spacial score (nSPS) is 18.2. The molecule has 1 aliphatic rings. The minimum Gasteiger partial charge on any atom is -0.461 e. The second-order valence-electron chi connectivity index (χ2n) is 8.49. The Bertz CT molecular complexity index is 1200. The lowest BCUT2D eigenvalue weighted by Gasteiger charge is -2.36. The number of nitrogens with one attached hydrogen (secondary N) is 2. The van der Waals surface area contributed by atoms with E-state index < -0.39 is 16.6 Å². The molecule has 0 radical (unpaired) electrons. The Kier molecular flexibility index (Phi) is 6.37. The fraction of sp³-hybridized carbons (Fsp3) is 0.333. The van der Waals surface area contributed by atoms with Crippen LogP contribution in [0.15, 0.2) is 59.9 Å². The molecule has 2 heterocycles. The number of hydrogen-bond donors (Lipinski definition) is 3. The van der Waals surface area contributed by atoms with Gasteiger partial charge < -0.3 is 20.1 Å². The van der Waals surface area contributed by atoms with E-state index in [1.165, 1.54) is 11.8 Å². The smallest absolute Gasteiger partial charge is 0.356 e. The van der Waals surface area contributed by atoms with E-state index in [0.717, 1.165) is 22.4 Å². The van der Waals surface area contributed by atoms with Gasteiger partial charge in [-0.25, -0.2) is 9.89 Å². The van der Waals surface area contributed by atoms with Crippen LogP contribution in [-0.2, 0) is 9.53 Å². The Labute approximate surface area is 202 Å². The van der Waals surface area contributed by atoms with Crippen LogP contribution >= 0.6 is 11.8 Å². The summed E-state index contributed by atoms with van der Waals surface area (Å²) in [5, 5.41) is 28.4. The van der Waals surface area contributed by atoms with E-state index in [1.807, 2.05) is 66.6 Å². The highest BCUT2D eigenvalue weighted by molar-refractivity contribution is 8.00. The van der Waals surface area contributed by atoms with Crippen molar-refractivity contribution in [3.63, 3.8) is 0 Å². The number of ether oxygens (including phenoxy) is 1. The summed E-state index contributed by atoms with van der Waals surface area (Å²) < 4.78 is 5.37. The van der Waals surface area contributed by atoms with Gasteiger partial charge >= 0.3 is 5.97 Å². The maximum Gasteiger partial charge on any atom is 0.356 e. The average Bonchev–Trinajstić information content (AvgIpc) is 3.46. The van der Waals surface area contributed by atoms with Crippen LogP contribution in [0.4, 0.5) is 5.69 Å². The maximum absolute atomic E-state index is 13.0. The molecule has 1 aromatic heterocycles. The van der Waals surface area contributed by atoms with Crippen molar-refractivity contribution in [3.8, 4) is 22.5 Å². The minimum atomic E-state index is -1.27. The highest BCUT2D eigenvalue weighted by atomic mass is 32.2. The predicted molar refractivity (Wildman–Crippen MR) is 133 cm³/mol. The number of aromatic nitrogens is 4. The molecule has 10 heteroatoms. The number of aromatic amines is 1. The average molecular weight is 481 g/mol. The van der Waals surface area contributed by atoms with E-state index in [9.17, 15) is 9.90 Å². The lowest BCUT2D eigenvalue weighted by molar-refractivity contribution is -0.138. The minimum absolute atomic E-state index is 0.234. The van der Waals surface area contributed by atoms with Gasteiger partial charge in [0.1, 0.15) is 5.60 Å². The molecular formula is C24H28N6O3S. The largest absolute Gasteiger partial charge is 0.461 e. The summed E-state index contributed by atoms with van der Waals surface area (Å²) >= 11 is 1.53. The van der Waals surface area contributed by atoms with Gasteiger partial charge in [0.05, 0.1) is 12.3 Å². The van der Waals surface area contributed by atoms with Crippen LogP contribution in [-0.4, -0.2) is 55.2 Å². The number of aliphatic hydroxyl groups is 1. The van der Waals surface area contributed by atoms with Gasteiger partial charge in [-0.3, -0.25) is 0 Å². The predicted octanol–water partition coefficient (Wildman–Crippen LogP) is 3.53. The molecule has 178 valence electrons. The number of carbonyl (C=O) groups is 1. The van der Waals surface area contributed by atoms with Crippen LogP contribution in [0.2, 0.25) is 0 Å². The first-order chi connectivity index (χ1) is 16.2. The van der Waals surface area contributed by atoms with Crippen molar-refractivity contribution in [3.05, 3.63) is 59.9 Å². The van der Waals surface area contributed by atoms with Crippen LogP contribution < -0.4 is 10.2 Å². The summed E-state index contributed by atoms with van der Waals surface area (Å²) in [5.74, 6) is 0.0952. The van der Waals surface area contributed by atoms with E-state index in [4.69, 9.17) is 4.74 Å². The van der Waals surface area contributed by atoms with Crippen molar-refractivity contribution >= 4 is 23.4 Å². The first-order valence-electron chi connectivity index (χ1n) is 10.9. The third kappa shape index (κ3) is 4.26. The molecule has 3 N–H and O–H groups in total. The van der Waals surface area contributed by atoms with Crippen LogP contribution in [0.3, 0.4) is 0 Å². The Hall–Kier alpha value is -3.37. The zero-order chi connectivity index (χ0) is 24.5. The molecule has 2 aromatic carbocycles. The number of carbonyl (C=O) groups excluding carboxylic acids is 1. The summed E-state index contributed by atoms with van der Waals surface area (Å²) in [5.41, 5.74) is 3.07. The monoisotopic (exact) mass is 480 g/mol. The Morgan fingerprint density at radius 2 is 1.85 bits per heavy atom. The van der Waals surface area contributed by atoms with Gasteiger partial charge in [0, 0.05) is 11.3 Å². The molecule has 0 fully saturated rings. The molecule has 0 saturated heterocycles. The Morgan fingerprint density at radius 3 is 2.41 bits per heavy atom. The van der Waals surface area contributed by atoms with Crippen molar-refractivity contribution in [1.82, 2.24) is 25.9 Å². The second-order valence-corrected chi connectivity index (χ2v) is 9.70. The molecule has 4 rings (SSSR count). The topological polar surface area (TPSA) is 116 Å². The van der Waals surface area contributed by atoms with Crippen LogP contribution in [0.1, 0.15) is 27.7 Å². The number of anilines is 1. The molecule has 0 amide bonds. The maximum atomic E-state index is 13.0. The van der Waals surface area contributed by atoms with Gasteiger partial charge in [-0.2, -0.15) is 0 Å². The first-order valence-corrected chi connectivity index (χ1v) is 12.1. The number of tetrazole rings is 1. The summed E-state index contributed by atoms with van der Waals surface area (Å²) in [6, 6.07) is 15.7. The third-order valence-corrected chi connectivity index (χ3v) is 6.77. The molecule has 1 unspecified atom stereocenters. The van der Waals surface area contributed by atoms with Gasteiger partial charge in [0.15, 0.2) is 16.5 Å². The molecule has 1 atom stereocenters. The molecule has 9 nitrogen and oxygen atoms in total. The van der Waals surface area contributed by atoms with Crippen molar-refractivity contribution in [1.29, 1.82) is 0 Å². The molecule has 34 heavy (non-hydrogen) atoms. The second kappa shape index (κ2) is 9.11. The molecule has 0 bridgehead atoms. The molecule has 0 saturated carbocycles. The fourth-order valence-electron chi connectivity index (χ4n) is 4.03. The van der Waals surface area contributed by atoms with Crippen molar-refractivity contribution in [2.45, 2.75) is 38.3 Å². The van der Waals surface area contributed by atoms with Gasteiger partial charge in [-0.05, 0) is 67.6 Å². The van der Waals surface area contributed by atoms with Gasteiger partial charge in [0.25, 0.3) is 0 Å². The molecule has 1 aliphatic heterocycles. The summed E-state index contributed by atoms with van der Waals surface area (Å²) in [6.07, 6.45) is 1.95. The number of esters is 1. The lowest BCUT2D eigenvalue weighted by atomic mass is 9.99. The lowest BCUT2D eigenvalue weighted by Crippen LogP contribution is -2.49. The number of rotatable bonds is 7. The number of hydrogen-bond acceptors (Lipinski definition) is 9. The van der Waals surface area contributed by atoms with E-state index in [-0.39, 0.29) is 6.61 Å². The SMILES string of the molecule is CCOC(=O)C1=C(C(C)(C)O)NC(C)(SC)N1c1ccc(-c2ccccc2-c2nnn[nH]2)cc1. The van der Waals surface area contributed by atoms with Crippen molar-refractivity contribution < 1.29 is 14.6 Å². The van der Waals surface area contributed by atoms with E-state index in [2.05, 4.69) is 25.9 Å². The Morgan fingerprint density at radius 1 is 1.18 bits per heavy atom. The third-order valence-electron chi connectivity index (χ3n) is 5.69. The van der Waals surface area contributed by atoms with E-state index in [0.29, 0.717) is 17.2 Å². The van der Waals surface area contributed by atoms with Crippen molar-refractivity contribution in [2.75, 3.05) is 17.8 Å². The first kappa shape index (κ1) is 23.8. The summed E-state index contributed by atoms with van der Waals surface area (Å²) in [6.45, 7) is 7.26. The van der Waals surface area contributed by atoms with Gasteiger partial charge in [-0.15, -0.1) is 16.9 Å². The van der Waals surface area contributed by atoms with Crippen LogP contribution in [0.25, 0.3) is 22.5 Å². The number of nitrogens with zero attached hydrogens (tertiary/aromatic N) is 4. The van der Waals surface area contributed by atoms with Crippen LogP contribution in [0.5, 0.6) is 0 Å². The highest BCUT2D eigenvalue weighted by Gasteiger charge is 2.48. The highest BCUT2D eigenvalue weighted by Crippen LogP contribution is 2.43. The van der Waals surface area contributed by atoms with Gasteiger partial charge in [-0.1, -0.05) is 36.4 Å². The molecule has 0 spiro atoms. The molecule has 3 aromatic rings. The molecule has 0 aliphatic carbocycles. The van der Waals surface area contributed by atoms with E-state index >= 15 is 0 Å². The number of H-pyrrole nitrogens is 1. The summed E-state index contributed by atoms with van der Waals surface area (Å²) in [7, 11) is 0. The Balaban J connectivity index is 1.79. The number of benzene rings is 2. The van der Waals surface area contributed by atoms with E-state index in [1.54, 1.807) is 20.8 Å². The zero-order valence-corrected chi connectivity index (χ0v) is 20.6. The standard InChI is InChI=1S/C24H28N6O3S/c1-6-33-22(31)19-20(23(2,3)32)25-24(4,34-5)30(19)16-13-11-15(12-14-16)17-9-7-8-10-18(17)21-26-28-29-27-21/h7-14,25,32H,6H2,1-5H3,(H,26,27,28,29). The van der Waals surface area contributed by atoms with Crippen LogP contribution in [0, 0.1) is 0 Å².